The molecule has 0 aliphatic rings. The van der Waals surface area contributed by atoms with E-state index in [0.717, 1.165) is 26.4 Å². The van der Waals surface area contributed by atoms with E-state index in [0.29, 0.717) is 16.0 Å². The van der Waals surface area contributed by atoms with E-state index < -0.39 is 0 Å². The predicted octanol–water partition coefficient (Wildman–Crippen LogP) is 3.78. The molecular weight excluding hydrogens is 364 g/mol. The van der Waals surface area contributed by atoms with Crippen molar-refractivity contribution in [1.29, 1.82) is 0 Å². The molecule has 120 valence electrons. The molecular formula is C15H11ClN6S2. The van der Waals surface area contributed by atoms with E-state index in [1.807, 2.05) is 24.3 Å². The lowest BCUT2D eigenvalue weighted by molar-refractivity contribution is 0.824. The van der Waals surface area contributed by atoms with Crippen LogP contribution in [0.3, 0.4) is 0 Å². The van der Waals surface area contributed by atoms with Crippen molar-refractivity contribution in [3.8, 4) is 11.1 Å². The summed E-state index contributed by atoms with van der Waals surface area (Å²) in [7, 11) is 0. The fourth-order valence-corrected chi connectivity index (χ4v) is 4.27. The lowest BCUT2D eigenvalue weighted by Crippen LogP contribution is -2.11. The number of benzene rings is 1. The summed E-state index contributed by atoms with van der Waals surface area (Å²) in [5.74, 6) is 6.60. The second kappa shape index (κ2) is 6.04. The fourth-order valence-electron chi connectivity index (χ4n) is 2.27. The smallest absolute Gasteiger partial charge is 0.216 e. The van der Waals surface area contributed by atoms with Crippen LogP contribution in [-0.2, 0) is 0 Å². The Balaban J connectivity index is 1.85. The molecule has 9 heteroatoms. The molecule has 2 N–H and O–H groups in total. The maximum Gasteiger partial charge on any atom is 0.216 e. The van der Waals surface area contributed by atoms with E-state index in [-0.39, 0.29) is 0 Å². The van der Waals surface area contributed by atoms with Gasteiger partial charge in [-0.25, -0.2) is 14.6 Å². The minimum atomic E-state index is 0.584. The van der Waals surface area contributed by atoms with Crippen LogP contribution in [0, 0.1) is 6.92 Å². The van der Waals surface area contributed by atoms with Gasteiger partial charge in [-0.3, -0.25) is 0 Å². The van der Waals surface area contributed by atoms with E-state index in [1.165, 1.54) is 16.4 Å². The third-order valence-corrected chi connectivity index (χ3v) is 5.62. The monoisotopic (exact) mass is 374 g/mol. The van der Waals surface area contributed by atoms with Crippen LogP contribution in [0.15, 0.2) is 46.2 Å². The lowest BCUT2D eigenvalue weighted by atomic mass is 10.1. The molecule has 0 radical (unpaired) electrons. The van der Waals surface area contributed by atoms with Gasteiger partial charge < -0.3 is 5.84 Å². The Morgan fingerprint density at radius 2 is 1.96 bits per heavy atom. The van der Waals surface area contributed by atoms with Gasteiger partial charge in [-0.15, -0.1) is 21.5 Å². The predicted molar refractivity (Wildman–Crippen MR) is 96.9 cm³/mol. The first-order valence-electron chi connectivity index (χ1n) is 6.96. The molecule has 3 heterocycles. The van der Waals surface area contributed by atoms with Crippen LogP contribution in [0.4, 0.5) is 0 Å². The minimum Gasteiger partial charge on any atom is -0.336 e. The largest absolute Gasteiger partial charge is 0.336 e. The Kier molecular flexibility index (Phi) is 3.87. The van der Waals surface area contributed by atoms with Crippen LogP contribution in [0.1, 0.15) is 5.82 Å². The zero-order valence-electron chi connectivity index (χ0n) is 12.5. The number of thiophene rings is 1. The summed E-state index contributed by atoms with van der Waals surface area (Å²) in [6.07, 6.45) is 1.55. The Labute approximate surface area is 150 Å². The van der Waals surface area contributed by atoms with Gasteiger partial charge >= 0.3 is 0 Å². The number of aryl methyl sites for hydroxylation is 1. The number of hydrogen-bond donors (Lipinski definition) is 1. The van der Waals surface area contributed by atoms with E-state index in [4.69, 9.17) is 17.4 Å². The third kappa shape index (κ3) is 2.62. The topological polar surface area (TPSA) is 82.5 Å². The van der Waals surface area contributed by atoms with Crippen molar-refractivity contribution in [1.82, 2.24) is 24.8 Å². The van der Waals surface area contributed by atoms with Crippen molar-refractivity contribution in [2.75, 3.05) is 5.84 Å². The number of nitrogen functional groups attached to an aromatic ring is 1. The summed E-state index contributed by atoms with van der Waals surface area (Å²) in [4.78, 5) is 9.71. The highest BCUT2D eigenvalue weighted by Crippen LogP contribution is 2.39. The van der Waals surface area contributed by atoms with Gasteiger partial charge in [0, 0.05) is 16.0 Å². The minimum absolute atomic E-state index is 0.584. The maximum absolute atomic E-state index is 5.99. The van der Waals surface area contributed by atoms with Crippen molar-refractivity contribution < 1.29 is 0 Å². The van der Waals surface area contributed by atoms with Gasteiger partial charge in [0.2, 0.25) is 5.16 Å². The van der Waals surface area contributed by atoms with Gasteiger partial charge in [0.05, 0.1) is 5.39 Å². The number of halogens is 1. The summed E-state index contributed by atoms with van der Waals surface area (Å²) < 4.78 is 1.45. The SMILES string of the molecule is Cc1nnc(Sc2ncnc3scc(-c4ccc(Cl)cc4)c23)n1N. The van der Waals surface area contributed by atoms with E-state index in [1.54, 1.807) is 24.6 Å². The number of fused-ring (bicyclic) bond motifs is 1. The average Bonchev–Trinajstić information content (AvgIpc) is 3.15. The zero-order chi connectivity index (χ0) is 16.7. The normalized spacial score (nSPS) is 11.2. The molecule has 0 aliphatic heterocycles. The average molecular weight is 375 g/mol. The molecule has 4 aromatic rings. The van der Waals surface area contributed by atoms with Crippen LogP contribution < -0.4 is 5.84 Å². The van der Waals surface area contributed by atoms with Crippen LogP contribution >= 0.6 is 34.7 Å². The molecule has 0 spiro atoms. The van der Waals surface area contributed by atoms with Gasteiger partial charge in [0.1, 0.15) is 22.0 Å². The van der Waals surface area contributed by atoms with Gasteiger partial charge in [0.15, 0.2) is 0 Å². The van der Waals surface area contributed by atoms with Crippen LogP contribution in [0.2, 0.25) is 5.02 Å². The summed E-state index contributed by atoms with van der Waals surface area (Å²) in [6.45, 7) is 1.80. The maximum atomic E-state index is 5.99. The van der Waals surface area contributed by atoms with Crippen molar-refractivity contribution in [3.05, 3.63) is 46.8 Å². The van der Waals surface area contributed by atoms with Crippen LogP contribution in [0.25, 0.3) is 21.3 Å². The number of rotatable bonds is 3. The number of hydrogen-bond acceptors (Lipinski definition) is 7. The van der Waals surface area contributed by atoms with Gasteiger partial charge in [0.25, 0.3) is 0 Å². The molecule has 0 fully saturated rings. The molecule has 0 atom stereocenters. The molecule has 24 heavy (non-hydrogen) atoms. The van der Waals surface area contributed by atoms with E-state index >= 15 is 0 Å². The Bertz CT molecular complexity index is 1020. The van der Waals surface area contributed by atoms with Gasteiger partial charge in [-0.1, -0.05) is 23.7 Å². The number of nitrogens with zero attached hydrogens (tertiary/aromatic N) is 5. The van der Waals surface area contributed by atoms with Crippen molar-refractivity contribution in [2.24, 2.45) is 0 Å². The molecule has 3 aromatic heterocycles. The zero-order valence-corrected chi connectivity index (χ0v) is 14.9. The Morgan fingerprint density at radius 1 is 1.17 bits per heavy atom. The number of aromatic nitrogens is 5. The first-order chi connectivity index (χ1) is 11.6. The van der Waals surface area contributed by atoms with E-state index in [2.05, 4.69) is 25.5 Å². The molecule has 0 saturated heterocycles. The van der Waals surface area contributed by atoms with Gasteiger partial charge in [-0.2, -0.15) is 0 Å². The summed E-state index contributed by atoms with van der Waals surface area (Å²) in [6, 6.07) is 7.72. The standard InChI is InChI=1S/C15H11ClN6S2/c1-8-20-21-15(22(8)17)24-14-12-11(6-23-13(12)18-7-19-14)9-2-4-10(16)5-3-9/h2-7H,17H2,1H3. The molecule has 0 aliphatic carbocycles. The summed E-state index contributed by atoms with van der Waals surface area (Å²) in [5, 5.41) is 13.2. The van der Waals surface area contributed by atoms with Crippen LogP contribution in [-0.4, -0.2) is 24.8 Å². The molecule has 0 saturated carbocycles. The van der Waals surface area contributed by atoms with Crippen LogP contribution in [0.5, 0.6) is 0 Å². The molecule has 4 rings (SSSR count). The highest BCUT2D eigenvalue weighted by molar-refractivity contribution is 7.99. The van der Waals surface area contributed by atoms with E-state index in [9.17, 15) is 0 Å². The quantitative estimate of drug-likeness (QED) is 0.434. The third-order valence-electron chi connectivity index (χ3n) is 3.51. The number of nitrogens with two attached hydrogens (primary N) is 1. The summed E-state index contributed by atoms with van der Waals surface area (Å²) >= 11 is 8.94. The first-order valence-corrected chi connectivity index (χ1v) is 9.04. The molecule has 1 aromatic carbocycles. The summed E-state index contributed by atoms with van der Waals surface area (Å²) in [5.41, 5.74) is 2.13. The molecule has 0 unspecified atom stereocenters. The Morgan fingerprint density at radius 3 is 2.67 bits per heavy atom. The second-order valence-electron chi connectivity index (χ2n) is 5.02. The van der Waals surface area contributed by atoms with Gasteiger partial charge in [-0.05, 0) is 36.4 Å². The lowest BCUT2D eigenvalue weighted by Gasteiger charge is -2.05. The highest BCUT2D eigenvalue weighted by atomic mass is 35.5. The second-order valence-corrected chi connectivity index (χ2v) is 7.27. The van der Waals surface area contributed by atoms with Crippen molar-refractivity contribution in [3.63, 3.8) is 0 Å². The van der Waals surface area contributed by atoms with Crippen molar-refractivity contribution >= 4 is 44.9 Å². The molecule has 6 nitrogen and oxygen atoms in total. The fraction of sp³-hybridized carbons (Fsp3) is 0.0667. The molecule has 0 bridgehead atoms. The Hall–Kier alpha value is -2.16. The molecule has 0 amide bonds. The highest BCUT2D eigenvalue weighted by Gasteiger charge is 2.17. The van der Waals surface area contributed by atoms with Crippen molar-refractivity contribution in [2.45, 2.75) is 17.1 Å². The first kappa shape index (κ1) is 15.4.